The fourth-order valence-electron chi connectivity index (χ4n) is 4.01. The van der Waals surface area contributed by atoms with Gasteiger partial charge >= 0.3 is 0 Å². The molecule has 1 aliphatic carbocycles. The molecular formula is C25H31FN2O2. The Hall–Kier alpha value is -2.69. The minimum absolute atomic E-state index is 0.111. The Bertz CT molecular complexity index is 860. The largest absolute Gasteiger partial charge is 0.352 e. The topological polar surface area (TPSA) is 49.4 Å². The lowest BCUT2D eigenvalue weighted by atomic mass is 9.95. The summed E-state index contributed by atoms with van der Waals surface area (Å²) in [6.45, 7) is 4.02. The average Bonchev–Trinajstić information content (AvgIpc) is 2.75. The fourth-order valence-corrected chi connectivity index (χ4v) is 4.01. The number of rotatable bonds is 7. The Balaban J connectivity index is 1.76. The molecule has 5 heteroatoms. The van der Waals surface area contributed by atoms with Crippen molar-refractivity contribution in [1.82, 2.24) is 10.2 Å². The summed E-state index contributed by atoms with van der Waals surface area (Å²) in [6, 6.07) is 13.4. The van der Waals surface area contributed by atoms with Crippen LogP contribution in [0.4, 0.5) is 4.39 Å². The second-order valence-electron chi connectivity index (χ2n) is 8.27. The number of benzene rings is 2. The van der Waals surface area contributed by atoms with Gasteiger partial charge in [-0.05, 0) is 55.5 Å². The highest BCUT2D eigenvalue weighted by Crippen LogP contribution is 2.19. The minimum Gasteiger partial charge on any atom is -0.352 e. The molecule has 0 aliphatic heterocycles. The molecule has 0 bridgehead atoms. The number of nitrogens with zero attached hydrogens (tertiary/aromatic N) is 1. The van der Waals surface area contributed by atoms with Gasteiger partial charge in [0.05, 0.1) is 6.42 Å². The molecule has 0 spiro atoms. The van der Waals surface area contributed by atoms with E-state index in [2.05, 4.69) is 5.32 Å². The fraction of sp³-hybridized carbons (Fsp3) is 0.440. The number of nitrogens with one attached hydrogen (secondary N) is 1. The summed E-state index contributed by atoms with van der Waals surface area (Å²) < 4.78 is 13.3. The maximum Gasteiger partial charge on any atom is 0.242 e. The van der Waals surface area contributed by atoms with Crippen molar-refractivity contribution in [3.8, 4) is 0 Å². The van der Waals surface area contributed by atoms with Crippen LogP contribution in [0.2, 0.25) is 0 Å². The maximum atomic E-state index is 13.3. The first-order chi connectivity index (χ1) is 14.4. The van der Waals surface area contributed by atoms with E-state index in [1.807, 2.05) is 31.2 Å². The number of amides is 2. The van der Waals surface area contributed by atoms with Crippen molar-refractivity contribution in [1.29, 1.82) is 0 Å². The van der Waals surface area contributed by atoms with E-state index in [9.17, 15) is 14.0 Å². The van der Waals surface area contributed by atoms with Gasteiger partial charge in [-0.15, -0.1) is 0 Å². The zero-order chi connectivity index (χ0) is 21.5. The van der Waals surface area contributed by atoms with Gasteiger partial charge in [0, 0.05) is 12.6 Å². The lowest BCUT2D eigenvalue weighted by Gasteiger charge is -2.31. The summed E-state index contributed by atoms with van der Waals surface area (Å²) >= 11 is 0. The first-order valence-corrected chi connectivity index (χ1v) is 10.8. The molecule has 30 heavy (non-hydrogen) atoms. The van der Waals surface area contributed by atoms with Crippen molar-refractivity contribution in [2.45, 2.75) is 71.0 Å². The maximum absolute atomic E-state index is 13.3. The molecular weight excluding hydrogens is 379 g/mol. The van der Waals surface area contributed by atoms with Gasteiger partial charge in [-0.3, -0.25) is 9.59 Å². The number of hydrogen-bond donors (Lipinski definition) is 1. The van der Waals surface area contributed by atoms with E-state index in [0.717, 1.165) is 42.4 Å². The van der Waals surface area contributed by atoms with Crippen molar-refractivity contribution in [2.75, 3.05) is 0 Å². The van der Waals surface area contributed by atoms with Crippen LogP contribution in [0.25, 0.3) is 0 Å². The standard InChI is InChI=1S/C25H31FN2O2/c1-18-8-6-7-9-21(18)16-24(29)28(17-20-12-14-22(26)15-13-20)19(2)25(30)27-23-10-4-3-5-11-23/h6-9,12-15,19,23H,3-5,10-11,16-17H2,1-2H3,(H,27,30). The summed E-state index contributed by atoms with van der Waals surface area (Å²) in [5.41, 5.74) is 2.80. The van der Waals surface area contributed by atoms with Crippen molar-refractivity contribution < 1.29 is 14.0 Å². The van der Waals surface area contributed by atoms with E-state index >= 15 is 0 Å². The summed E-state index contributed by atoms with van der Waals surface area (Å²) in [4.78, 5) is 27.8. The third-order valence-corrected chi connectivity index (χ3v) is 5.99. The molecule has 1 aliphatic rings. The SMILES string of the molecule is Cc1ccccc1CC(=O)N(Cc1ccc(F)cc1)C(C)C(=O)NC1CCCCC1. The normalized spacial score (nSPS) is 15.4. The van der Waals surface area contributed by atoms with Crippen LogP contribution in [0.3, 0.4) is 0 Å². The van der Waals surface area contributed by atoms with Crippen LogP contribution < -0.4 is 5.32 Å². The smallest absolute Gasteiger partial charge is 0.242 e. The van der Waals surface area contributed by atoms with Gasteiger partial charge in [-0.1, -0.05) is 55.7 Å². The summed E-state index contributed by atoms with van der Waals surface area (Å²) in [5.74, 6) is -0.554. The lowest BCUT2D eigenvalue weighted by molar-refractivity contribution is -0.140. The molecule has 0 aromatic heterocycles. The first-order valence-electron chi connectivity index (χ1n) is 10.8. The van der Waals surface area contributed by atoms with Crippen LogP contribution >= 0.6 is 0 Å². The van der Waals surface area contributed by atoms with Gasteiger partial charge in [0.15, 0.2) is 0 Å². The number of halogens is 1. The highest BCUT2D eigenvalue weighted by atomic mass is 19.1. The summed E-state index contributed by atoms with van der Waals surface area (Å²) in [5, 5.41) is 3.13. The molecule has 1 unspecified atom stereocenters. The molecule has 2 aromatic carbocycles. The van der Waals surface area contributed by atoms with Gasteiger partial charge in [0.1, 0.15) is 11.9 Å². The number of carbonyl (C=O) groups excluding carboxylic acids is 2. The quantitative estimate of drug-likeness (QED) is 0.728. The molecule has 0 heterocycles. The third-order valence-electron chi connectivity index (χ3n) is 5.99. The van der Waals surface area contributed by atoms with Gasteiger partial charge in [0.25, 0.3) is 0 Å². The number of carbonyl (C=O) groups is 2. The molecule has 2 amide bonds. The van der Waals surface area contributed by atoms with Gasteiger partial charge in [0.2, 0.25) is 11.8 Å². The Kier molecular flexibility index (Phi) is 7.61. The van der Waals surface area contributed by atoms with Crippen LogP contribution in [-0.4, -0.2) is 28.8 Å². The summed E-state index contributed by atoms with van der Waals surface area (Å²) in [7, 11) is 0. The molecule has 1 fully saturated rings. The molecule has 1 atom stereocenters. The molecule has 0 radical (unpaired) electrons. The van der Waals surface area contributed by atoms with E-state index in [0.29, 0.717) is 0 Å². The van der Waals surface area contributed by atoms with Gasteiger partial charge < -0.3 is 10.2 Å². The number of aryl methyl sites for hydroxylation is 1. The van der Waals surface area contributed by atoms with Gasteiger partial charge in [-0.2, -0.15) is 0 Å². The second kappa shape index (κ2) is 10.4. The molecule has 1 N–H and O–H groups in total. The van der Waals surface area contributed by atoms with E-state index in [1.165, 1.54) is 18.6 Å². The van der Waals surface area contributed by atoms with Crippen LogP contribution in [0, 0.1) is 12.7 Å². The first kappa shape index (κ1) is 22.0. The number of hydrogen-bond acceptors (Lipinski definition) is 2. The zero-order valence-corrected chi connectivity index (χ0v) is 17.9. The summed E-state index contributed by atoms with van der Waals surface area (Å²) in [6.07, 6.45) is 5.69. The van der Waals surface area contributed by atoms with Crippen LogP contribution in [0.1, 0.15) is 55.7 Å². The molecule has 3 rings (SSSR count). The Morgan fingerprint density at radius 1 is 1.07 bits per heavy atom. The molecule has 160 valence electrons. The second-order valence-corrected chi connectivity index (χ2v) is 8.27. The van der Waals surface area contributed by atoms with Crippen molar-refractivity contribution in [3.05, 3.63) is 71.0 Å². The van der Waals surface area contributed by atoms with E-state index in [-0.39, 0.29) is 36.6 Å². The molecule has 0 saturated heterocycles. The molecule has 4 nitrogen and oxygen atoms in total. The van der Waals surface area contributed by atoms with E-state index in [4.69, 9.17) is 0 Å². The highest BCUT2D eigenvalue weighted by molar-refractivity contribution is 5.88. The third kappa shape index (κ3) is 5.91. The van der Waals surface area contributed by atoms with E-state index < -0.39 is 6.04 Å². The van der Waals surface area contributed by atoms with Crippen LogP contribution in [0.5, 0.6) is 0 Å². The van der Waals surface area contributed by atoms with Crippen molar-refractivity contribution in [2.24, 2.45) is 0 Å². The Morgan fingerprint density at radius 3 is 2.40 bits per heavy atom. The Morgan fingerprint density at radius 2 is 1.73 bits per heavy atom. The van der Waals surface area contributed by atoms with E-state index in [1.54, 1.807) is 24.0 Å². The van der Waals surface area contributed by atoms with Gasteiger partial charge in [-0.25, -0.2) is 4.39 Å². The molecule has 1 saturated carbocycles. The predicted molar refractivity (Wildman–Crippen MR) is 116 cm³/mol. The van der Waals surface area contributed by atoms with Crippen LogP contribution in [-0.2, 0) is 22.6 Å². The van der Waals surface area contributed by atoms with Crippen molar-refractivity contribution in [3.63, 3.8) is 0 Å². The Labute approximate surface area is 178 Å². The predicted octanol–water partition coefficient (Wildman–Crippen LogP) is 4.54. The highest BCUT2D eigenvalue weighted by Gasteiger charge is 2.28. The minimum atomic E-state index is -0.603. The van der Waals surface area contributed by atoms with Crippen LogP contribution in [0.15, 0.2) is 48.5 Å². The van der Waals surface area contributed by atoms with Crippen molar-refractivity contribution >= 4 is 11.8 Å². The zero-order valence-electron chi connectivity index (χ0n) is 17.9. The lowest BCUT2D eigenvalue weighted by Crippen LogP contribution is -2.50. The monoisotopic (exact) mass is 410 g/mol. The average molecular weight is 411 g/mol. The molecule has 2 aromatic rings.